The lowest BCUT2D eigenvalue weighted by atomic mass is 9.85. The molecule has 2 nitrogen and oxygen atoms in total. The number of para-hydroxylation sites is 1. The van der Waals surface area contributed by atoms with Crippen LogP contribution in [0.15, 0.2) is 231 Å². The van der Waals surface area contributed by atoms with Crippen LogP contribution in [0.5, 0.6) is 0 Å². The molecule has 12 rings (SSSR count). The zero-order chi connectivity index (χ0) is 39.6. The molecule has 12 aromatic rings. The fraction of sp³-hybridized carbons (Fsp3) is 0. The van der Waals surface area contributed by atoms with E-state index in [1.54, 1.807) is 0 Å². The predicted molar refractivity (Wildman–Crippen MR) is 256 cm³/mol. The normalized spacial score (nSPS) is 11.7. The molecule has 2 heteroatoms. The second-order valence-corrected chi connectivity index (χ2v) is 15.7. The molecule has 0 unspecified atom stereocenters. The van der Waals surface area contributed by atoms with Gasteiger partial charge in [-0.1, -0.05) is 170 Å². The van der Waals surface area contributed by atoms with Gasteiger partial charge in [0.25, 0.3) is 0 Å². The molecule has 1 aromatic heterocycles. The van der Waals surface area contributed by atoms with E-state index in [9.17, 15) is 0 Å². The first-order valence-electron chi connectivity index (χ1n) is 20.7. The third kappa shape index (κ3) is 5.50. The lowest BCUT2D eigenvalue weighted by Crippen LogP contribution is -2.10. The van der Waals surface area contributed by atoms with E-state index in [2.05, 4.69) is 240 Å². The Balaban J connectivity index is 1.14. The van der Waals surface area contributed by atoms with Crippen LogP contribution in [0.3, 0.4) is 0 Å². The molecular formula is C58H38N2. The highest BCUT2D eigenvalue weighted by atomic mass is 15.1. The Morgan fingerprint density at radius 2 is 0.733 bits per heavy atom. The second kappa shape index (κ2) is 13.9. The number of hydrogen-bond donors (Lipinski definition) is 0. The van der Waals surface area contributed by atoms with Crippen LogP contribution in [-0.2, 0) is 0 Å². The number of hydrogen-bond acceptors (Lipinski definition) is 1. The highest BCUT2D eigenvalue weighted by Crippen LogP contribution is 2.47. The molecule has 0 N–H and O–H groups in total. The van der Waals surface area contributed by atoms with Crippen LogP contribution in [0, 0.1) is 0 Å². The monoisotopic (exact) mass is 762 g/mol. The maximum atomic E-state index is 2.44. The number of fused-ring (bicyclic) bond motifs is 8. The molecule has 0 radical (unpaired) electrons. The molecule has 11 aromatic carbocycles. The Hall–Kier alpha value is -7.94. The predicted octanol–water partition coefficient (Wildman–Crippen LogP) is 16.2. The van der Waals surface area contributed by atoms with Gasteiger partial charge in [0, 0.05) is 33.5 Å². The maximum Gasteiger partial charge on any atom is 0.0542 e. The van der Waals surface area contributed by atoms with Crippen LogP contribution < -0.4 is 4.90 Å². The van der Waals surface area contributed by atoms with E-state index in [1.807, 2.05) is 0 Å². The van der Waals surface area contributed by atoms with Gasteiger partial charge >= 0.3 is 0 Å². The summed E-state index contributed by atoms with van der Waals surface area (Å²) in [6.07, 6.45) is 0. The summed E-state index contributed by atoms with van der Waals surface area (Å²) in [4.78, 5) is 2.44. The van der Waals surface area contributed by atoms with Crippen LogP contribution in [0.1, 0.15) is 0 Å². The number of anilines is 3. The van der Waals surface area contributed by atoms with E-state index in [-0.39, 0.29) is 0 Å². The third-order valence-corrected chi connectivity index (χ3v) is 12.3. The third-order valence-electron chi connectivity index (χ3n) is 12.3. The summed E-state index contributed by atoms with van der Waals surface area (Å²) in [7, 11) is 0. The van der Waals surface area contributed by atoms with Crippen molar-refractivity contribution in [3.8, 4) is 27.9 Å². The molecule has 0 fully saturated rings. The summed E-state index contributed by atoms with van der Waals surface area (Å²) in [6, 6.07) is 84.4. The van der Waals surface area contributed by atoms with Gasteiger partial charge < -0.3 is 9.47 Å². The minimum atomic E-state index is 1.10. The van der Waals surface area contributed by atoms with E-state index < -0.39 is 0 Å². The van der Waals surface area contributed by atoms with E-state index in [0.717, 1.165) is 22.7 Å². The van der Waals surface area contributed by atoms with Crippen molar-refractivity contribution < 1.29 is 0 Å². The first kappa shape index (κ1) is 34.1. The Morgan fingerprint density at radius 3 is 1.45 bits per heavy atom. The molecule has 1 heterocycles. The SMILES string of the molecule is c1ccc(-c2c(-c3ccccc3)c3cc(N(c4ccc5ccccc5c4)c4ccc5c(c4)c4ccccc4n5-c4ccc5ccccc5c4)ccc3c3ccccc23)cc1. The highest BCUT2D eigenvalue weighted by Gasteiger charge is 2.22. The van der Waals surface area contributed by atoms with Crippen molar-refractivity contribution in [2.24, 2.45) is 0 Å². The summed E-state index contributed by atoms with van der Waals surface area (Å²) in [5.74, 6) is 0. The van der Waals surface area contributed by atoms with Crippen LogP contribution >= 0.6 is 0 Å². The van der Waals surface area contributed by atoms with E-state index in [1.165, 1.54) is 87.1 Å². The number of rotatable bonds is 6. The van der Waals surface area contributed by atoms with Gasteiger partial charge in [0.2, 0.25) is 0 Å². The quantitative estimate of drug-likeness (QED) is 0.153. The van der Waals surface area contributed by atoms with E-state index in [4.69, 9.17) is 0 Å². The van der Waals surface area contributed by atoms with Gasteiger partial charge in [0.05, 0.1) is 11.0 Å². The van der Waals surface area contributed by atoms with Crippen LogP contribution in [0.4, 0.5) is 17.1 Å². The summed E-state index contributed by atoms with van der Waals surface area (Å²) < 4.78 is 2.42. The Kier molecular flexibility index (Phi) is 7.89. The Labute approximate surface area is 348 Å². The summed E-state index contributed by atoms with van der Waals surface area (Å²) in [6.45, 7) is 0. The smallest absolute Gasteiger partial charge is 0.0542 e. The number of aromatic nitrogens is 1. The van der Waals surface area contributed by atoms with Crippen molar-refractivity contribution in [1.82, 2.24) is 4.57 Å². The number of benzene rings is 11. The van der Waals surface area contributed by atoms with Gasteiger partial charge in [0.1, 0.15) is 0 Å². The summed E-state index contributed by atoms with van der Waals surface area (Å²) in [5, 5.41) is 12.3. The lowest BCUT2D eigenvalue weighted by Gasteiger charge is -2.27. The molecule has 0 amide bonds. The maximum absolute atomic E-state index is 2.44. The van der Waals surface area contributed by atoms with Crippen molar-refractivity contribution in [1.29, 1.82) is 0 Å². The molecule has 0 aliphatic rings. The standard InChI is InChI=1S/C58H38N2/c1-3-17-41(18-4-1)57-52-25-12-11-23-49(52)50-33-31-47(38-54(50)58(57)42-19-5-2-6-20-42)59(45-29-27-39-15-7-9-21-43(39)35-45)48-32-34-56-53(37-48)51-24-13-14-26-55(51)60(56)46-30-28-40-16-8-10-22-44(40)36-46/h1-38H. The largest absolute Gasteiger partial charge is 0.310 e. The second-order valence-electron chi connectivity index (χ2n) is 15.7. The van der Waals surface area contributed by atoms with Crippen LogP contribution in [-0.4, -0.2) is 4.57 Å². The van der Waals surface area contributed by atoms with Gasteiger partial charge in [-0.2, -0.15) is 0 Å². The van der Waals surface area contributed by atoms with Crippen LogP contribution in [0.25, 0.3) is 92.8 Å². The van der Waals surface area contributed by atoms with Crippen molar-refractivity contribution in [3.63, 3.8) is 0 Å². The summed E-state index contributed by atoms with van der Waals surface area (Å²) >= 11 is 0. The minimum Gasteiger partial charge on any atom is -0.310 e. The lowest BCUT2D eigenvalue weighted by molar-refractivity contribution is 1.18. The van der Waals surface area contributed by atoms with Gasteiger partial charge in [-0.3, -0.25) is 0 Å². The van der Waals surface area contributed by atoms with Crippen LogP contribution in [0.2, 0.25) is 0 Å². The summed E-state index contributed by atoms with van der Waals surface area (Å²) in [5.41, 5.74) is 11.7. The van der Waals surface area contributed by atoms with Gasteiger partial charge in [-0.15, -0.1) is 0 Å². The van der Waals surface area contributed by atoms with Crippen molar-refractivity contribution in [2.75, 3.05) is 4.90 Å². The molecular weight excluding hydrogens is 725 g/mol. The van der Waals surface area contributed by atoms with Gasteiger partial charge in [-0.25, -0.2) is 0 Å². The van der Waals surface area contributed by atoms with Crippen molar-refractivity contribution in [2.45, 2.75) is 0 Å². The average molecular weight is 763 g/mol. The number of nitrogens with zero attached hydrogens (tertiary/aromatic N) is 2. The first-order chi connectivity index (χ1) is 29.8. The zero-order valence-corrected chi connectivity index (χ0v) is 32.8. The molecule has 0 saturated heterocycles. The highest BCUT2D eigenvalue weighted by molar-refractivity contribution is 6.22. The molecule has 0 saturated carbocycles. The topological polar surface area (TPSA) is 8.17 Å². The van der Waals surface area contributed by atoms with Crippen molar-refractivity contribution >= 4 is 82.0 Å². The molecule has 0 atom stereocenters. The Morgan fingerprint density at radius 1 is 0.267 bits per heavy atom. The molecule has 0 bridgehead atoms. The molecule has 0 aliphatic carbocycles. The molecule has 0 aliphatic heterocycles. The average Bonchev–Trinajstić information content (AvgIpc) is 3.65. The fourth-order valence-corrected chi connectivity index (χ4v) is 9.58. The van der Waals surface area contributed by atoms with E-state index in [0.29, 0.717) is 0 Å². The first-order valence-corrected chi connectivity index (χ1v) is 20.7. The van der Waals surface area contributed by atoms with E-state index >= 15 is 0 Å². The van der Waals surface area contributed by atoms with Gasteiger partial charge in [0.15, 0.2) is 0 Å². The molecule has 60 heavy (non-hydrogen) atoms. The molecule has 0 spiro atoms. The zero-order valence-electron chi connectivity index (χ0n) is 32.8. The Bertz CT molecular complexity index is 3600. The van der Waals surface area contributed by atoms with Crippen molar-refractivity contribution in [3.05, 3.63) is 231 Å². The van der Waals surface area contributed by atoms with Gasteiger partial charge in [-0.05, 0) is 126 Å². The molecule has 280 valence electrons. The minimum absolute atomic E-state index is 1.10. The fourth-order valence-electron chi connectivity index (χ4n) is 9.58.